The predicted molar refractivity (Wildman–Crippen MR) is 120 cm³/mol. The molecule has 1 saturated heterocycles. The second-order valence-corrected chi connectivity index (χ2v) is 7.57. The first-order chi connectivity index (χ1) is 15.9. The molecule has 34 heavy (non-hydrogen) atoms. The van der Waals surface area contributed by atoms with Crippen LogP contribution in [0.3, 0.4) is 0 Å². The van der Waals surface area contributed by atoms with Gasteiger partial charge in [0.05, 0.1) is 19.9 Å². The van der Waals surface area contributed by atoms with Crippen LogP contribution in [0, 0.1) is 10.2 Å². The maximum atomic E-state index is 12.1. The Balaban J connectivity index is 0.000000509. The molecular formula is C20H24F3N5O5S. The van der Waals surface area contributed by atoms with Crippen LogP contribution < -0.4 is 20.8 Å². The molecule has 1 unspecified atom stereocenters. The van der Waals surface area contributed by atoms with E-state index in [4.69, 9.17) is 42.7 Å². The molecule has 1 aromatic heterocycles. The molecular weight excluding hydrogens is 479 g/mol. The number of carboxylic acids is 1. The fourth-order valence-electron chi connectivity index (χ4n) is 3.49. The second kappa shape index (κ2) is 11.0. The van der Waals surface area contributed by atoms with Crippen LogP contribution in [0.15, 0.2) is 29.1 Å². The maximum Gasteiger partial charge on any atom is 0.490 e. The number of nitrogens with zero attached hydrogens (tertiary/aromatic N) is 2. The number of aromatic amines is 1. The van der Waals surface area contributed by atoms with E-state index in [1.165, 1.54) is 6.07 Å². The van der Waals surface area contributed by atoms with Gasteiger partial charge in [0.15, 0.2) is 10.7 Å². The number of alkyl halides is 3. The monoisotopic (exact) mass is 503 g/mol. The van der Waals surface area contributed by atoms with Crippen LogP contribution in [0.1, 0.15) is 12.8 Å². The van der Waals surface area contributed by atoms with E-state index in [9.17, 15) is 18.0 Å². The van der Waals surface area contributed by atoms with E-state index < -0.39 is 12.1 Å². The van der Waals surface area contributed by atoms with Crippen molar-refractivity contribution in [2.75, 3.05) is 20.8 Å². The first kappa shape index (κ1) is 26.7. The quantitative estimate of drug-likeness (QED) is 0.277. The van der Waals surface area contributed by atoms with Crippen LogP contribution in [0.2, 0.25) is 0 Å². The van der Waals surface area contributed by atoms with Gasteiger partial charge in [-0.1, -0.05) is 0 Å². The van der Waals surface area contributed by atoms with Gasteiger partial charge in [-0.15, -0.1) is 0 Å². The average molecular weight is 504 g/mol. The molecule has 1 aliphatic heterocycles. The number of carboxylic acid groups (broad SMARTS) is 1. The lowest BCUT2D eigenvalue weighted by atomic mass is 10.1. The Labute approximate surface area is 197 Å². The molecule has 3 rings (SSSR count). The minimum Gasteiger partial charge on any atom is -0.497 e. The van der Waals surface area contributed by atoms with Gasteiger partial charge < -0.3 is 29.8 Å². The third kappa shape index (κ3) is 6.50. The molecule has 0 spiro atoms. The SMILES string of the molecule is COc1ccc(-c2cc(=O)[nH]c(=S)n2CC2CCCN2C(=N)N)c(OC)c1.O=C(O)C(F)(F)F. The van der Waals surface area contributed by atoms with Crippen LogP contribution in [0.4, 0.5) is 13.2 Å². The molecule has 0 aliphatic carbocycles. The van der Waals surface area contributed by atoms with Crippen molar-refractivity contribution in [1.82, 2.24) is 14.5 Å². The standard InChI is InChI=1S/C18H23N5O3S.C2HF3O2/c1-25-12-5-6-13(15(8-12)26-2)14-9-16(24)21-18(27)23(14)10-11-4-3-7-22(11)17(19)20;3-2(4,5)1(6)7/h5-6,8-9,11H,3-4,7,10H2,1-2H3,(H3,19,20)(H,21,24,27);(H,6,7). The number of nitrogens with one attached hydrogen (secondary N) is 2. The topological polar surface area (TPSA) is 147 Å². The van der Waals surface area contributed by atoms with Crippen molar-refractivity contribution >= 4 is 24.1 Å². The fourth-order valence-corrected chi connectivity index (χ4v) is 3.76. The lowest BCUT2D eigenvalue weighted by Gasteiger charge is -2.27. The summed E-state index contributed by atoms with van der Waals surface area (Å²) in [6.07, 6.45) is -3.22. The van der Waals surface area contributed by atoms with Crippen molar-refractivity contribution in [1.29, 1.82) is 5.41 Å². The molecule has 14 heteroatoms. The minimum absolute atomic E-state index is 0.0445. The third-order valence-electron chi connectivity index (χ3n) is 5.04. The largest absolute Gasteiger partial charge is 0.497 e. The molecule has 10 nitrogen and oxygen atoms in total. The summed E-state index contributed by atoms with van der Waals surface area (Å²) in [6, 6.07) is 6.97. The maximum absolute atomic E-state index is 12.1. The van der Waals surface area contributed by atoms with Gasteiger partial charge in [-0.25, -0.2) is 4.79 Å². The first-order valence-electron chi connectivity index (χ1n) is 9.86. The van der Waals surface area contributed by atoms with Crippen LogP contribution in [-0.4, -0.2) is 64.5 Å². The Morgan fingerprint density at radius 1 is 1.32 bits per heavy atom. The van der Waals surface area contributed by atoms with E-state index in [0.717, 1.165) is 24.9 Å². The minimum atomic E-state index is -5.08. The van der Waals surface area contributed by atoms with Crippen molar-refractivity contribution < 1.29 is 32.5 Å². The van der Waals surface area contributed by atoms with Gasteiger partial charge in [-0.2, -0.15) is 13.2 Å². The molecule has 2 aromatic rings. The van der Waals surface area contributed by atoms with Gasteiger partial charge in [0.1, 0.15) is 11.5 Å². The van der Waals surface area contributed by atoms with Crippen molar-refractivity contribution in [2.45, 2.75) is 31.6 Å². The van der Waals surface area contributed by atoms with Gasteiger partial charge in [0.25, 0.3) is 5.56 Å². The Bertz CT molecular complexity index is 1160. The summed E-state index contributed by atoms with van der Waals surface area (Å²) in [5.41, 5.74) is 6.82. The number of guanidine groups is 1. The summed E-state index contributed by atoms with van der Waals surface area (Å²) in [4.78, 5) is 25.5. The Morgan fingerprint density at radius 2 is 1.97 bits per heavy atom. The number of nitrogens with two attached hydrogens (primary N) is 1. The highest BCUT2D eigenvalue weighted by Gasteiger charge is 2.38. The average Bonchev–Trinajstić information content (AvgIpc) is 3.23. The molecule has 1 aliphatic rings. The lowest BCUT2D eigenvalue weighted by Crippen LogP contribution is -2.42. The molecule has 2 heterocycles. The zero-order valence-electron chi connectivity index (χ0n) is 18.3. The van der Waals surface area contributed by atoms with Gasteiger partial charge in [-0.05, 0) is 37.2 Å². The van der Waals surface area contributed by atoms with E-state index in [2.05, 4.69) is 4.98 Å². The van der Waals surface area contributed by atoms with Gasteiger partial charge in [0, 0.05) is 36.8 Å². The highest BCUT2D eigenvalue weighted by molar-refractivity contribution is 7.71. The van der Waals surface area contributed by atoms with E-state index in [0.29, 0.717) is 28.5 Å². The summed E-state index contributed by atoms with van der Waals surface area (Å²) >= 11 is 5.43. The Kier molecular flexibility index (Phi) is 8.68. The predicted octanol–water partition coefficient (Wildman–Crippen LogP) is 2.58. The second-order valence-electron chi connectivity index (χ2n) is 7.18. The van der Waals surface area contributed by atoms with Gasteiger partial charge in [0.2, 0.25) is 0 Å². The van der Waals surface area contributed by atoms with Crippen molar-refractivity contribution in [2.24, 2.45) is 5.73 Å². The van der Waals surface area contributed by atoms with Gasteiger partial charge >= 0.3 is 12.1 Å². The number of benzene rings is 1. The van der Waals surface area contributed by atoms with Gasteiger partial charge in [-0.3, -0.25) is 15.2 Å². The summed E-state index contributed by atoms with van der Waals surface area (Å²) in [7, 11) is 3.15. The van der Waals surface area contributed by atoms with Crippen molar-refractivity contribution in [3.05, 3.63) is 39.4 Å². The number of methoxy groups -OCH3 is 2. The van der Waals surface area contributed by atoms with E-state index in [1.54, 1.807) is 20.3 Å². The molecule has 0 amide bonds. The van der Waals surface area contributed by atoms with E-state index in [1.807, 2.05) is 21.6 Å². The summed E-state index contributed by atoms with van der Waals surface area (Å²) in [5, 5.41) is 14.9. The summed E-state index contributed by atoms with van der Waals surface area (Å²) < 4.78 is 44.7. The molecule has 186 valence electrons. The van der Waals surface area contributed by atoms with Crippen molar-refractivity contribution in [3.63, 3.8) is 0 Å². The highest BCUT2D eigenvalue weighted by atomic mass is 32.1. The van der Waals surface area contributed by atoms with Crippen LogP contribution >= 0.6 is 12.2 Å². The number of hydrogen-bond acceptors (Lipinski definition) is 6. The van der Waals surface area contributed by atoms with Crippen LogP contribution in [-0.2, 0) is 11.3 Å². The normalized spacial score (nSPS) is 15.3. The number of carbonyl (C=O) groups is 1. The summed E-state index contributed by atoms with van der Waals surface area (Å²) in [5.74, 6) is -1.47. The molecule has 5 N–H and O–H groups in total. The summed E-state index contributed by atoms with van der Waals surface area (Å²) in [6.45, 7) is 1.26. The number of halogens is 3. The zero-order valence-corrected chi connectivity index (χ0v) is 19.1. The number of aliphatic carboxylic acids is 1. The van der Waals surface area contributed by atoms with E-state index in [-0.39, 0.29) is 17.6 Å². The molecule has 1 atom stereocenters. The number of hydrogen-bond donors (Lipinski definition) is 4. The molecule has 1 aromatic carbocycles. The number of ether oxygens (including phenoxy) is 2. The van der Waals surface area contributed by atoms with Crippen molar-refractivity contribution in [3.8, 4) is 22.8 Å². The molecule has 0 saturated carbocycles. The highest BCUT2D eigenvalue weighted by Crippen LogP contribution is 2.33. The van der Waals surface area contributed by atoms with E-state index >= 15 is 0 Å². The Morgan fingerprint density at radius 3 is 2.50 bits per heavy atom. The van der Waals surface area contributed by atoms with Crippen LogP contribution in [0.5, 0.6) is 11.5 Å². The first-order valence-corrected chi connectivity index (χ1v) is 10.3. The molecule has 0 bridgehead atoms. The number of aromatic nitrogens is 2. The number of rotatable bonds is 5. The lowest BCUT2D eigenvalue weighted by molar-refractivity contribution is -0.192. The fraction of sp³-hybridized carbons (Fsp3) is 0.400. The molecule has 0 radical (unpaired) electrons. The third-order valence-corrected chi connectivity index (χ3v) is 5.36. The number of likely N-dealkylation sites (tertiary alicyclic amines) is 1. The molecule has 1 fully saturated rings. The smallest absolute Gasteiger partial charge is 0.490 e. The number of H-pyrrole nitrogens is 1. The zero-order chi connectivity index (χ0) is 25.6. The van der Waals surface area contributed by atoms with Crippen LogP contribution in [0.25, 0.3) is 11.3 Å². The Hall–Kier alpha value is -3.55.